The maximum atomic E-state index is 12.1. The van der Waals surface area contributed by atoms with Crippen LogP contribution in [0.25, 0.3) is 0 Å². The van der Waals surface area contributed by atoms with Crippen LogP contribution in [0.5, 0.6) is 0 Å². The van der Waals surface area contributed by atoms with Crippen molar-refractivity contribution >= 4 is 27.6 Å². The number of nitrogens with zero attached hydrogens (tertiary/aromatic N) is 3. The molecule has 1 aliphatic carbocycles. The van der Waals surface area contributed by atoms with Crippen LogP contribution >= 0.6 is 11.6 Å². The van der Waals surface area contributed by atoms with E-state index in [-0.39, 0.29) is 5.28 Å². The Bertz CT molecular complexity index is 567. The Kier molecular flexibility index (Phi) is 3.48. The SMILES string of the molecule is C[S+](=O)(O)C1(c2cc(N3CCOCC3)nc(Cl)n2)CC1. The average Bonchev–Trinajstić information content (AvgIpc) is 3.20. The van der Waals surface area contributed by atoms with Gasteiger partial charge < -0.3 is 9.64 Å². The first-order chi connectivity index (χ1) is 9.42. The summed E-state index contributed by atoms with van der Waals surface area (Å²) < 4.78 is 26.6. The van der Waals surface area contributed by atoms with E-state index in [0.717, 1.165) is 13.1 Å². The molecule has 2 fully saturated rings. The molecule has 1 saturated heterocycles. The lowest BCUT2D eigenvalue weighted by molar-refractivity contribution is 0.122. The van der Waals surface area contributed by atoms with Gasteiger partial charge in [-0.2, -0.15) is 4.55 Å². The van der Waals surface area contributed by atoms with Crippen molar-refractivity contribution in [2.75, 3.05) is 37.5 Å². The van der Waals surface area contributed by atoms with Gasteiger partial charge in [0.2, 0.25) is 20.2 Å². The predicted molar refractivity (Wildman–Crippen MR) is 77.6 cm³/mol. The van der Waals surface area contributed by atoms with Gasteiger partial charge in [-0.15, -0.1) is 0 Å². The van der Waals surface area contributed by atoms with E-state index < -0.39 is 15.0 Å². The topological polar surface area (TPSA) is 75.5 Å². The predicted octanol–water partition coefficient (Wildman–Crippen LogP) is 1.56. The Morgan fingerprint density at radius 3 is 2.60 bits per heavy atom. The molecule has 1 unspecified atom stereocenters. The molecule has 1 aromatic heterocycles. The standard InChI is InChI=1S/C12H16ClN3O3S/c1-20(17,18)12(2-3-12)9-8-10(15-11(13)14-9)16-4-6-19-7-5-16/h8H,2-7H2,1H3/p+1. The molecule has 1 N–H and O–H groups in total. The second kappa shape index (κ2) is 4.91. The van der Waals surface area contributed by atoms with Crippen molar-refractivity contribution < 1.29 is 13.5 Å². The number of rotatable bonds is 3. The number of morpholine rings is 1. The number of ether oxygens (including phenoxy) is 1. The van der Waals surface area contributed by atoms with Gasteiger partial charge >= 0.3 is 0 Å². The zero-order valence-corrected chi connectivity index (χ0v) is 12.8. The Morgan fingerprint density at radius 2 is 2.05 bits per heavy atom. The largest absolute Gasteiger partial charge is 0.378 e. The van der Waals surface area contributed by atoms with Gasteiger partial charge in [-0.3, -0.25) is 0 Å². The highest BCUT2D eigenvalue weighted by Gasteiger charge is 2.64. The number of hydrogen-bond acceptors (Lipinski definition) is 5. The maximum absolute atomic E-state index is 12.1. The summed E-state index contributed by atoms with van der Waals surface area (Å²) in [5.41, 5.74) is 0.578. The van der Waals surface area contributed by atoms with Gasteiger partial charge in [0.1, 0.15) is 17.8 Å². The Morgan fingerprint density at radius 1 is 1.40 bits per heavy atom. The van der Waals surface area contributed by atoms with Gasteiger partial charge in [0, 0.05) is 32.0 Å². The van der Waals surface area contributed by atoms with Crippen molar-refractivity contribution in [2.24, 2.45) is 0 Å². The van der Waals surface area contributed by atoms with Crippen molar-refractivity contribution in [3.8, 4) is 0 Å². The van der Waals surface area contributed by atoms with Crippen LogP contribution in [0.2, 0.25) is 5.28 Å². The summed E-state index contributed by atoms with van der Waals surface area (Å²) in [5, 5.41) is 0.124. The minimum atomic E-state index is -2.95. The molecule has 0 aromatic carbocycles. The fourth-order valence-electron chi connectivity index (χ4n) is 2.54. The minimum absolute atomic E-state index is 0.124. The molecule has 1 aromatic rings. The Labute approximate surface area is 123 Å². The fourth-order valence-corrected chi connectivity index (χ4v) is 4.07. The molecule has 6 nitrogen and oxygen atoms in total. The van der Waals surface area contributed by atoms with Gasteiger partial charge in [-0.1, -0.05) is 4.21 Å². The highest BCUT2D eigenvalue weighted by Crippen LogP contribution is 2.54. The van der Waals surface area contributed by atoms with Crippen LogP contribution in [0.1, 0.15) is 18.5 Å². The monoisotopic (exact) mass is 318 g/mol. The summed E-state index contributed by atoms with van der Waals surface area (Å²) in [4.78, 5) is 10.5. The molecule has 0 radical (unpaired) electrons. The quantitative estimate of drug-likeness (QED) is 0.673. The molecule has 1 aliphatic heterocycles. The zero-order chi connectivity index (χ0) is 14.4. The zero-order valence-electron chi connectivity index (χ0n) is 11.2. The van der Waals surface area contributed by atoms with Crippen LogP contribution in [-0.4, -0.2) is 47.1 Å². The number of hydrogen-bond donors (Lipinski definition) is 1. The van der Waals surface area contributed by atoms with Gasteiger partial charge in [-0.25, -0.2) is 9.97 Å². The maximum Gasteiger partial charge on any atom is 0.224 e. The summed E-state index contributed by atoms with van der Waals surface area (Å²) in [6.45, 7) is 2.76. The van der Waals surface area contributed by atoms with Crippen molar-refractivity contribution in [1.82, 2.24) is 9.97 Å². The summed E-state index contributed by atoms with van der Waals surface area (Å²) in [6.07, 6.45) is 2.69. The molecular formula is C12H17ClN3O3S+. The highest BCUT2D eigenvalue weighted by molar-refractivity contribution is 7.98. The molecule has 110 valence electrons. The van der Waals surface area contributed by atoms with E-state index in [4.69, 9.17) is 16.3 Å². The molecule has 2 aliphatic rings. The first kappa shape index (κ1) is 14.2. The lowest BCUT2D eigenvalue weighted by Gasteiger charge is -2.28. The third-order valence-corrected chi connectivity index (χ3v) is 6.15. The molecule has 8 heteroatoms. The van der Waals surface area contributed by atoms with Gasteiger partial charge in [-0.05, 0) is 11.6 Å². The van der Waals surface area contributed by atoms with Crippen LogP contribution in [0.4, 0.5) is 5.82 Å². The molecule has 1 saturated carbocycles. The number of anilines is 1. The van der Waals surface area contributed by atoms with Crippen LogP contribution < -0.4 is 4.90 Å². The van der Waals surface area contributed by atoms with E-state index in [9.17, 15) is 8.76 Å². The Balaban J connectivity index is 1.97. The third kappa shape index (κ3) is 2.43. The van der Waals surface area contributed by atoms with Crippen molar-refractivity contribution in [2.45, 2.75) is 17.6 Å². The molecule has 3 rings (SSSR count). The average molecular weight is 319 g/mol. The first-order valence-corrected chi connectivity index (χ1v) is 8.81. The van der Waals surface area contributed by atoms with Gasteiger partial charge in [0.05, 0.1) is 13.2 Å². The molecule has 1 atom stereocenters. The minimum Gasteiger partial charge on any atom is -0.378 e. The molecule has 0 bridgehead atoms. The third-order valence-electron chi connectivity index (χ3n) is 3.92. The van der Waals surface area contributed by atoms with E-state index >= 15 is 0 Å². The van der Waals surface area contributed by atoms with E-state index in [1.54, 1.807) is 6.07 Å². The molecule has 20 heavy (non-hydrogen) atoms. The van der Waals surface area contributed by atoms with E-state index in [2.05, 4.69) is 14.9 Å². The second-order valence-corrected chi connectivity index (χ2v) is 8.00. The van der Waals surface area contributed by atoms with E-state index in [0.29, 0.717) is 37.6 Å². The summed E-state index contributed by atoms with van der Waals surface area (Å²) >= 11 is 6.00. The number of halogens is 1. The lowest BCUT2D eigenvalue weighted by Crippen LogP contribution is -2.37. The van der Waals surface area contributed by atoms with Gasteiger partial charge in [0.15, 0.2) is 0 Å². The summed E-state index contributed by atoms with van der Waals surface area (Å²) in [6, 6.07) is 1.80. The molecular weight excluding hydrogens is 302 g/mol. The summed E-state index contributed by atoms with van der Waals surface area (Å²) in [5.74, 6) is 0.707. The van der Waals surface area contributed by atoms with E-state index in [1.165, 1.54) is 6.26 Å². The lowest BCUT2D eigenvalue weighted by atomic mass is 10.2. The molecule has 0 spiro atoms. The second-order valence-electron chi connectivity index (χ2n) is 5.28. The van der Waals surface area contributed by atoms with Crippen LogP contribution in [0.15, 0.2) is 6.07 Å². The van der Waals surface area contributed by atoms with Crippen LogP contribution in [0.3, 0.4) is 0 Å². The van der Waals surface area contributed by atoms with Crippen molar-refractivity contribution in [3.63, 3.8) is 0 Å². The highest BCUT2D eigenvalue weighted by atomic mass is 35.5. The normalized spacial score (nSPS) is 24.2. The smallest absolute Gasteiger partial charge is 0.224 e. The summed E-state index contributed by atoms with van der Waals surface area (Å²) in [7, 11) is -2.95. The van der Waals surface area contributed by atoms with Crippen LogP contribution in [0, 0.1) is 0 Å². The molecule has 2 heterocycles. The van der Waals surface area contributed by atoms with Crippen molar-refractivity contribution in [3.05, 3.63) is 17.0 Å². The number of aromatic nitrogens is 2. The first-order valence-electron chi connectivity index (χ1n) is 6.51. The van der Waals surface area contributed by atoms with Gasteiger partial charge in [0.25, 0.3) is 0 Å². The van der Waals surface area contributed by atoms with Crippen molar-refractivity contribution in [1.29, 1.82) is 0 Å². The Hall–Kier alpha value is -0.760. The van der Waals surface area contributed by atoms with Crippen LogP contribution in [-0.2, 0) is 23.9 Å². The fraction of sp³-hybridized carbons (Fsp3) is 0.667. The molecule has 0 amide bonds. The van der Waals surface area contributed by atoms with E-state index in [1.807, 2.05) is 0 Å².